The molecule has 0 heterocycles. The highest BCUT2D eigenvalue weighted by atomic mass is 16.3. The van der Waals surface area contributed by atoms with Gasteiger partial charge in [-0.1, -0.05) is 18.6 Å². The fourth-order valence-electron chi connectivity index (χ4n) is 1.60. The molecule has 0 unspecified atom stereocenters. The third-order valence-corrected chi connectivity index (χ3v) is 2.45. The van der Waals surface area contributed by atoms with Crippen LogP contribution in [0.4, 0.5) is 0 Å². The molecule has 0 bridgehead atoms. The average Bonchev–Trinajstić information content (AvgIpc) is 1.88. The molecule has 1 rings (SSSR count). The third-order valence-electron chi connectivity index (χ3n) is 2.45. The fraction of sp³-hybridized carbons (Fsp3) is 0.778. The molecule has 0 aromatic carbocycles. The smallest absolute Gasteiger partial charge is 0.0464 e. The van der Waals surface area contributed by atoms with Crippen LogP contribution in [0.3, 0.4) is 0 Å². The van der Waals surface area contributed by atoms with Crippen LogP contribution in [0.15, 0.2) is 11.6 Å². The van der Waals surface area contributed by atoms with E-state index in [2.05, 4.69) is 19.9 Å². The normalized spacial score (nSPS) is 33.7. The molecule has 1 heteroatoms. The van der Waals surface area contributed by atoms with Gasteiger partial charge in [-0.15, -0.1) is 0 Å². The van der Waals surface area contributed by atoms with Crippen molar-refractivity contribution in [1.82, 2.24) is 0 Å². The first-order valence-electron chi connectivity index (χ1n) is 4.00. The molecule has 0 spiro atoms. The Kier molecular flexibility index (Phi) is 2.50. The van der Waals surface area contributed by atoms with E-state index < -0.39 is 0 Å². The van der Waals surface area contributed by atoms with Gasteiger partial charge in [-0.25, -0.2) is 0 Å². The highest BCUT2D eigenvalue weighted by molar-refractivity contribution is 5.04. The monoisotopic (exact) mass is 140 g/mol. The molecule has 0 aromatic heterocycles. The van der Waals surface area contributed by atoms with Gasteiger partial charge in [0.05, 0.1) is 0 Å². The fourth-order valence-corrected chi connectivity index (χ4v) is 1.60. The first kappa shape index (κ1) is 7.80. The molecule has 0 saturated heterocycles. The summed E-state index contributed by atoms with van der Waals surface area (Å²) in [5.74, 6) is 1.19. The molecule has 1 N–H and O–H groups in total. The van der Waals surface area contributed by atoms with Crippen molar-refractivity contribution in [3.8, 4) is 0 Å². The van der Waals surface area contributed by atoms with Gasteiger partial charge in [0.1, 0.15) is 0 Å². The van der Waals surface area contributed by atoms with Crippen LogP contribution in [0.25, 0.3) is 0 Å². The number of aliphatic hydroxyl groups is 1. The SMILES string of the molecule is CC1=CC[C@@H](CO)[C@@H](C)C1. The zero-order chi connectivity index (χ0) is 7.56. The second-order valence-corrected chi connectivity index (χ2v) is 3.41. The molecular formula is C9H16O. The van der Waals surface area contributed by atoms with Gasteiger partial charge < -0.3 is 5.11 Å². The van der Waals surface area contributed by atoms with Crippen LogP contribution < -0.4 is 0 Å². The minimum absolute atomic E-state index is 0.352. The standard InChI is InChI=1S/C9H16O/c1-7-3-4-9(6-10)8(2)5-7/h3,8-10H,4-6H2,1-2H3/t8-,9-/m0/s1. The minimum Gasteiger partial charge on any atom is -0.396 e. The van der Waals surface area contributed by atoms with Crippen molar-refractivity contribution in [3.63, 3.8) is 0 Å². The summed E-state index contributed by atoms with van der Waals surface area (Å²) in [6.07, 6.45) is 4.50. The zero-order valence-corrected chi connectivity index (χ0v) is 6.80. The highest BCUT2D eigenvalue weighted by Crippen LogP contribution is 2.28. The van der Waals surface area contributed by atoms with Crippen LogP contribution in [0.5, 0.6) is 0 Å². The van der Waals surface area contributed by atoms with Crippen molar-refractivity contribution in [3.05, 3.63) is 11.6 Å². The van der Waals surface area contributed by atoms with Crippen LogP contribution in [0.1, 0.15) is 26.7 Å². The van der Waals surface area contributed by atoms with Crippen molar-refractivity contribution >= 4 is 0 Å². The molecule has 10 heavy (non-hydrogen) atoms. The molecule has 58 valence electrons. The lowest BCUT2D eigenvalue weighted by atomic mass is 9.82. The Morgan fingerprint density at radius 1 is 1.70 bits per heavy atom. The van der Waals surface area contributed by atoms with E-state index in [1.807, 2.05) is 0 Å². The molecule has 0 fully saturated rings. The van der Waals surface area contributed by atoms with Crippen LogP contribution in [0.2, 0.25) is 0 Å². The Bertz CT molecular complexity index is 138. The Hall–Kier alpha value is -0.300. The lowest BCUT2D eigenvalue weighted by Crippen LogP contribution is -2.18. The number of allylic oxidation sites excluding steroid dienone is 2. The largest absolute Gasteiger partial charge is 0.396 e. The molecule has 0 radical (unpaired) electrons. The highest BCUT2D eigenvalue weighted by Gasteiger charge is 2.19. The summed E-state index contributed by atoms with van der Waals surface area (Å²) in [6, 6.07) is 0. The van der Waals surface area contributed by atoms with E-state index in [-0.39, 0.29) is 0 Å². The van der Waals surface area contributed by atoms with E-state index in [1.54, 1.807) is 0 Å². The molecule has 0 saturated carbocycles. The number of rotatable bonds is 1. The van der Waals surface area contributed by atoms with E-state index >= 15 is 0 Å². The van der Waals surface area contributed by atoms with Crippen molar-refractivity contribution in [2.24, 2.45) is 11.8 Å². The predicted octanol–water partition coefficient (Wildman–Crippen LogP) is 1.97. The van der Waals surface area contributed by atoms with E-state index in [0.717, 1.165) is 6.42 Å². The van der Waals surface area contributed by atoms with Gasteiger partial charge in [0.25, 0.3) is 0 Å². The van der Waals surface area contributed by atoms with Crippen LogP contribution in [0, 0.1) is 11.8 Å². The molecular weight excluding hydrogens is 124 g/mol. The van der Waals surface area contributed by atoms with Crippen LogP contribution in [-0.4, -0.2) is 11.7 Å². The minimum atomic E-state index is 0.352. The summed E-state index contributed by atoms with van der Waals surface area (Å²) in [6.45, 7) is 4.74. The summed E-state index contributed by atoms with van der Waals surface area (Å²) >= 11 is 0. The number of hydrogen-bond acceptors (Lipinski definition) is 1. The van der Waals surface area contributed by atoms with Gasteiger partial charge in [-0.05, 0) is 31.6 Å². The van der Waals surface area contributed by atoms with E-state index in [0.29, 0.717) is 18.4 Å². The quantitative estimate of drug-likeness (QED) is 0.552. The first-order valence-corrected chi connectivity index (χ1v) is 4.00. The predicted molar refractivity (Wildman–Crippen MR) is 42.7 cm³/mol. The Balaban J connectivity index is 2.52. The van der Waals surface area contributed by atoms with Crippen molar-refractivity contribution in [2.75, 3.05) is 6.61 Å². The van der Waals surface area contributed by atoms with E-state index in [9.17, 15) is 0 Å². The summed E-state index contributed by atoms with van der Waals surface area (Å²) in [4.78, 5) is 0. The second-order valence-electron chi connectivity index (χ2n) is 3.41. The lowest BCUT2D eigenvalue weighted by molar-refractivity contribution is 0.177. The molecule has 0 amide bonds. The van der Waals surface area contributed by atoms with Gasteiger partial charge in [-0.2, -0.15) is 0 Å². The van der Waals surface area contributed by atoms with Gasteiger partial charge in [0.2, 0.25) is 0 Å². The molecule has 0 aromatic rings. The van der Waals surface area contributed by atoms with Crippen molar-refractivity contribution < 1.29 is 5.11 Å². The van der Waals surface area contributed by atoms with Gasteiger partial charge >= 0.3 is 0 Å². The van der Waals surface area contributed by atoms with Crippen molar-refractivity contribution in [1.29, 1.82) is 0 Å². The van der Waals surface area contributed by atoms with Crippen LogP contribution in [-0.2, 0) is 0 Å². The molecule has 0 aliphatic heterocycles. The topological polar surface area (TPSA) is 20.2 Å². The first-order chi connectivity index (χ1) is 4.74. The molecule has 1 aliphatic carbocycles. The molecule has 1 aliphatic rings. The van der Waals surface area contributed by atoms with E-state index in [4.69, 9.17) is 5.11 Å². The Labute approximate surface area is 62.8 Å². The maximum absolute atomic E-state index is 8.92. The number of aliphatic hydroxyl groups excluding tert-OH is 1. The summed E-state index contributed by atoms with van der Waals surface area (Å²) in [7, 11) is 0. The van der Waals surface area contributed by atoms with Gasteiger partial charge in [0.15, 0.2) is 0 Å². The van der Waals surface area contributed by atoms with Crippen molar-refractivity contribution in [2.45, 2.75) is 26.7 Å². The Morgan fingerprint density at radius 3 is 2.90 bits per heavy atom. The van der Waals surface area contributed by atoms with Gasteiger partial charge in [-0.3, -0.25) is 0 Å². The molecule has 2 atom stereocenters. The van der Waals surface area contributed by atoms with Gasteiger partial charge in [0, 0.05) is 6.61 Å². The summed E-state index contributed by atoms with van der Waals surface area (Å²) in [5.41, 5.74) is 1.48. The second kappa shape index (κ2) is 3.20. The average molecular weight is 140 g/mol. The third kappa shape index (κ3) is 1.60. The lowest BCUT2D eigenvalue weighted by Gasteiger charge is -2.25. The number of hydrogen-bond donors (Lipinski definition) is 1. The summed E-state index contributed by atoms with van der Waals surface area (Å²) in [5, 5.41) is 8.92. The maximum atomic E-state index is 8.92. The maximum Gasteiger partial charge on any atom is 0.0464 e. The Morgan fingerprint density at radius 2 is 2.40 bits per heavy atom. The van der Waals surface area contributed by atoms with E-state index in [1.165, 1.54) is 12.0 Å². The zero-order valence-electron chi connectivity index (χ0n) is 6.80. The van der Waals surface area contributed by atoms with Crippen LogP contribution >= 0.6 is 0 Å². The molecule has 1 nitrogen and oxygen atoms in total. The summed E-state index contributed by atoms with van der Waals surface area (Å²) < 4.78 is 0.